The van der Waals surface area contributed by atoms with Gasteiger partial charge in [-0.3, -0.25) is 0 Å². The first kappa shape index (κ1) is 14.2. The number of nitrogens with zero attached hydrogens (tertiary/aromatic N) is 3. The van der Waals surface area contributed by atoms with Gasteiger partial charge in [0.05, 0.1) is 11.4 Å². The summed E-state index contributed by atoms with van der Waals surface area (Å²) in [6.07, 6.45) is 2.45. The van der Waals surface area contributed by atoms with Crippen LogP contribution in [0.5, 0.6) is 0 Å². The smallest absolute Gasteiger partial charge is 0.209 e. The van der Waals surface area contributed by atoms with Crippen LogP contribution in [0.4, 0.5) is 0 Å². The highest BCUT2D eigenvalue weighted by Gasteiger charge is 2.61. The fraction of sp³-hybridized carbons (Fsp3) is 0.500. The van der Waals surface area contributed by atoms with E-state index in [1.165, 1.54) is 24.1 Å². The maximum atomic E-state index is 4.91. The first-order valence-corrected chi connectivity index (χ1v) is 8.93. The van der Waals surface area contributed by atoms with Gasteiger partial charge in [0, 0.05) is 17.1 Å². The van der Waals surface area contributed by atoms with Crippen molar-refractivity contribution in [1.82, 2.24) is 15.2 Å². The van der Waals surface area contributed by atoms with Crippen LogP contribution in [0.1, 0.15) is 56.5 Å². The Morgan fingerprint density at radius 2 is 1.91 bits per heavy atom. The van der Waals surface area contributed by atoms with Crippen molar-refractivity contribution < 1.29 is 0 Å². The summed E-state index contributed by atoms with van der Waals surface area (Å²) in [5, 5.41) is 9.76. The summed E-state index contributed by atoms with van der Waals surface area (Å²) < 4.78 is 0. The molecule has 4 rings (SSSR count). The van der Waals surface area contributed by atoms with Crippen LogP contribution < -0.4 is 0 Å². The summed E-state index contributed by atoms with van der Waals surface area (Å²) in [6.45, 7) is 7.09. The summed E-state index contributed by atoms with van der Waals surface area (Å²) in [7, 11) is 0. The summed E-state index contributed by atoms with van der Waals surface area (Å²) >= 11 is 1.68. The molecule has 0 saturated heterocycles. The fourth-order valence-electron chi connectivity index (χ4n) is 4.15. The Kier molecular flexibility index (Phi) is 3.09. The van der Waals surface area contributed by atoms with Crippen LogP contribution in [-0.2, 0) is 11.2 Å². The second-order valence-electron chi connectivity index (χ2n) is 7.25. The van der Waals surface area contributed by atoms with Crippen LogP contribution in [0, 0.1) is 5.41 Å². The second-order valence-corrected chi connectivity index (χ2v) is 8.19. The maximum absolute atomic E-state index is 4.91. The lowest BCUT2D eigenvalue weighted by molar-refractivity contribution is 0.226. The molecule has 1 fully saturated rings. The summed E-state index contributed by atoms with van der Waals surface area (Å²) in [5.74, 6) is 1.42. The third-order valence-corrected chi connectivity index (χ3v) is 6.89. The predicted molar refractivity (Wildman–Crippen MR) is 88.9 cm³/mol. The summed E-state index contributed by atoms with van der Waals surface area (Å²) in [6, 6.07) is 10.5. The largest absolute Gasteiger partial charge is 0.224 e. The minimum atomic E-state index is 0.158. The molecule has 114 valence electrons. The van der Waals surface area contributed by atoms with Gasteiger partial charge in [-0.2, -0.15) is 5.10 Å². The van der Waals surface area contributed by atoms with Crippen LogP contribution in [-0.4, -0.2) is 15.2 Å². The number of aromatic nitrogens is 3. The van der Waals surface area contributed by atoms with Gasteiger partial charge in [-0.1, -0.05) is 62.9 Å². The number of rotatable bonds is 3. The van der Waals surface area contributed by atoms with Crippen molar-refractivity contribution in [3.05, 3.63) is 47.3 Å². The molecule has 1 saturated carbocycles. The van der Waals surface area contributed by atoms with Crippen molar-refractivity contribution in [3.8, 4) is 0 Å². The average Bonchev–Trinajstić information content (AvgIpc) is 2.86. The van der Waals surface area contributed by atoms with Crippen molar-refractivity contribution in [2.24, 2.45) is 5.41 Å². The molecule has 0 radical (unpaired) electrons. The van der Waals surface area contributed by atoms with E-state index < -0.39 is 0 Å². The minimum Gasteiger partial charge on any atom is -0.224 e. The van der Waals surface area contributed by atoms with E-state index >= 15 is 0 Å². The van der Waals surface area contributed by atoms with Crippen molar-refractivity contribution in [1.29, 1.82) is 0 Å². The lowest BCUT2D eigenvalue weighted by Gasteiger charge is -2.33. The fourth-order valence-corrected chi connectivity index (χ4v) is 4.89. The highest BCUT2D eigenvalue weighted by Crippen LogP contribution is 2.66. The van der Waals surface area contributed by atoms with E-state index in [1.807, 2.05) is 6.07 Å². The maximum Gasteiger partial charge on any atom is 0.209 e. The van der Waals surface area contributed by atoms with E-state index in [-0.39, 0.29) is 10.8 Å². The standard InChI is InChI=1S/C18H21N3S/c1-17(2)13-9-10-18(17,3)15-14(13)20-21-16(19-15)22-11-12-7-5-4-6-8-12/h4-8,13H,9-11H2,1-3H3. The Hall–Kier alpha value is -1.42. The number of benzene rings is 1. The second kappa shape index (κ2) is 4.79. The van der Waals surface area contributed by atoms with Crippen molar-refractivity contribution in [3.63, 3.8) is 0 Å². The van der Waals surface area contributed by atoms with Crippen molar-refractivity contribution in [2.75, 3.05) is 0 Å². The molecule has 1 aromatic heterocycles. The number of fused-ring (bicyclic) bond motifs is 5. The van der Waals surface area contributed by atoms with Gasteiger partial charge in [-0.15, -0.1) is 5.10 Å². The van der Waals surface area contributed by atoms with Gasteiger partial charge < -0.3 is 0 Å². The number of thioether (sulfide) groups is 1. The Balaban J connectivity index is 1.62. The zero-order valence-electron chi connectivity index (χ0n) is 13.3. The molecule has 2 atom stereocenters. The predicted octanol–water partition coefficient (Wildman–Crippen LogP) is 4.34. The van der Waals surface area contributed by atoms with Crippen molar-refractivity contribution >= 4 is 11.8 Å². The molecule has 0 spiro atoms. The van der Waals surface area contributed by atoms with Gasteiger partial charge in [0.15, 0.2) is 0 Å². The van der Waals surface area contributed by atoms with E-state index in [2.05, 4.69) is 55.2 Å². The van der Waals surface area contributed by atoms with E-state index in [0.717, 1.165) is 16.6 Å². The summed E-state index contributed by atoms with van der Waals surface area (Å²) in [5.41, 5.74) is 4.07. The molecule has 22 heavy (non-hydrogen) atoms. The van der Waals surface area contributed by atoms with Gasteiger partial charge >= 0.3 is 0 Å². The third kappa shape index (κ3) is 1.86. The zero-order chi connectivity index (χ0) is 15.4. The molecule has 2 aromatic rings. The van der Waals surface area contributed by atoms with Gasteiger partial charge in [0.25, 0.3) is 0 Å². The van der Waals surface area contributed by atoms with E-state index in [4.69, 9.17) is 4.98 Å². The van der Waals surface area contributed by atoms with Crippen LogP contribution in [0.3, 0.4) is 0 Å². The lowest BCUT2D eigenvalue weighted by atomic mass is 9.70. The molecule has 4 heteroatoms. The lowest BCUT2D eigenvalue weighted by Crippen LogP contribution is -2.32. The van der Waals surface area contributed by atoms with E-state index in [1.54, 1.807) is 11.8 Å². The van der Waals surface area contributed by atoms with Gasteiger partial charge in [-0.05, 0) is 23.8 Å². The van der Waals surface area contributed by atoms with Gasteiger partial charge in [0.1, 0.15) is 0 Å². The van der Waals surface area contributed by atoms with Gasteiger partial charge in [0.2, 0.25) is 5.16 Å². The molecule has 2 aliphatic carbocycles. The Labute approximate surface area is 136 Å². The zero-order valence-corrected chi connectivity index (χ0v) is 14.2. The highest BCUT2D eigenvalue weighted by molar-refractivity contribution is 7.98. The first-order valence-electron chi connectivity index (χ1n) is 7.94. The molecule has 2 unspecified atom stereocenters. The molecule has 1 aromatic carbocycles. The highest BCUT2D eigenvalue weighted by atomic mass is 32.2. The Morgan fingerprint density at radius 1 is 1.14 bits per heavy atom. The molecular weight excluding hydrogens is 290 g/mol. The van der Waals surface area contributed by atoms with Crippen LogP contribution in [0.2, 0.25) is 0 Å². The van der Waals surface area contributed by atoms with Gasteiger partial charge in [-0.25, -0.2) is 4.98 Å². The quantitative estimate of drug-likeness (QED) is 0.790. The van der Waals surface area contributed by atoms with Crippen LogP contribution in [0.25, 0.3) is 0 Å². The molecule has 2 aliphatic rings. The van der Waals surface area contributed by atoms with E-state index in [9.17, 15) is 0 Å². The average molecular weight is 311 g/mol. The van der Waals surface area contributed by atoms with Crippen molar-refractivity contribution in [2.45, 2.75) is 55.9 Å². The monoisotopic (exact) mass is 311 g/mol. The third-order valence-electron chi connectivity index (χ3n) is 5.98. The molecule has 0 amide bonds. The molecular formula is C18H21N3S. The van der Waals surface area contributed by atoms with E-state index in [0.29, 0.717) is 5.92 Å². The van der Waals surface area contributed by atoms with Crippen LogP contribution >= 0.6 is 11.8 Å². The number of hydrogen-bond acceptors (Lipinski definition) is 4. The number of hydrogen-bond donors (Lipinski definition) is 0. The normalized spacial score (nSPS) is 27.9. The molecule has 0 N–H and O–H groups in total. The molecule has 3 nitrogen and oxygen atoms in total. The Morgan fingerprint density at radius 3 is 2.68 bits per heavy atom. The SMILES string of the molecule is CC12CCC(c3nnc(SCc4ccccc4)nc31)C2(C)C. The minimum absolute atomic E-state index is 0.158. The molecule has 0 aliphatic heterocycles. The summed E-state index contributed by atoms with van der Waals surface area (Å²) in [4.78, 5) is 4.91. The van der Waals surface area contributed by atoms with Crippen LogP contribution in [0.15, 0.2) is 35.5 Å². The topological polar surface area (TPSA) is 38.7 Å². The first-order chi connectivity index (χ1) is 10.5. The molecule has 2 bridgehead atoms. The Bertz CT molecular complexity index is 714. The molecule has 1 heterocycles.